The van der Waals surface area contributed by atoms with Crippen molar-refractivity contribution in [3.8, 4) is 0 Å². The SMILES string of the molecule is C=C[Si](Br)(CCC)Cc1ccccc1. The van der Waals surface area contributed by atoms with Crippen LogP contribution < -0.4 is 0 Å². The fraction of sp³-hybridized carbons (Fsp3) is 0.333. The lowest BCUT2D eigenvalue weighted by Gasteiger charge is -2.20. The lowest BCUT2D eigenvalue weighted by molar-refractivity contribution is 1.05. The standard InChI is InChI=1S/C12H17BrSi/c1-3-10-14(13,4-2)11-12-8-6-5-7-9-12/h4-9H,2-3,10-11H2,1H3. The fourth-order valence-electron chi connectivity index (χ4n) is 1.61. The normalized spacial score (nSPS) is 14.7. The lowest BCUT2D eigenvalue weighted by Crippen LogP contribution is -2.26. The van der Waals surface area contributed by atoms with Gasteiger partial charge in [0.2, 0.25) is 0 Å². The third kappa shape index (κ3) is 3.43. The van der Waals surface area contributed by atoms with Gasteiger partial charge in [-0.1, -0.05) is 49.4 Å². The van der Waals surface area contributed by atoms with Gasteiger partial charge in [-0.2, -0.15) is 0 Å². The second-order valence-corrected chi connectivity index (χ2v) is 11.7. The summed E-state index contributed by atoms with van der Waals surface area (Å²) in [5, 5.41) is 0. The van der Waals surface area contributed by atoms with E-state index in [1.165, 1.54) is 18.0 Å². The molecule has 0 saturated heterocycles. The molecule has 76 valence electrons. The molecule has 0 aliphatic carbocycles. The summed E-state index contributed by atoms with van der Waals surface area (Å²) in [5.41, 5.74) is 3.58. The van der Waals surface area contributed by atoms with Crippen molar-refractivity contribution < 1.29 is 0 Å². The molecular formula is C12H17BrSi. The maximum Gasteiger partial charge on any atom is 0.157 e. The van der Waals surface area contributed by atoms with E-state index < -0.39 is 6.69 Å². The van der Waals surface area contributed by atoms with Crippen LogP contribution in [0.3, 0.4) is 0 Å². The fourth-order valence-corrected chi connectivity index (χ4v) is 6.04. The van der Waals surface area contributed by atoms with Crippen molar-refractivity contribution >= 4 is 22.0 Å². The van der Waals surface area contributed by atoms with Crippen LogP contribution in [0.15, 0.2) is 42.6 Å². The number of hydrogen-bond acceptors (Lipinski definition) is 0. The highest BCUT2D eigenvalue weighted by Gasteiger charge is 2.24. The highest BCUT2D eigenvalue weighted by Crippen LogP contribution is 2.25. The monoisotopic (exact) mass is 268 g/mol. The molecule has 0 fully saturated rings. The molecule has 0 nitrogen and oxygen atoms in total. The van der Waals surface area contributed by atoms with E-state index in [1.807, 2.05) is 0 Å². The molecule has 0 radical (unpaired) electrons. The van der Waals surface area contributed by atoms with Crippen LogP contribution in [0.2, 0.25) is 6.04 Å². The molecule has 0 saturated carbocycles. The van der Waals surface area contributed by atoms with Gasteiger partial charge < -0.3 is 0 Å². The van der Waals surface area contributed by atoms with Crippen molar-refractivity contribution in [3.63, 3.8) is 0 Å². The molecule has 1 aromatic rings. The molecule has 0 aliphatic heterocycles. The molecule has 0 amide bonds. The largest absolute Gasteiger partial charge is 0.157 e. The Morgan fingerprint density at radius 3 is 2.50 bits per heavy atom. The van der Waals surface area contributed by atoms with Crippen LogP contribution >= 0.6 is 15.3 Å². The second-order valence-electron chi connectivity index (χ2n) is 3.65. The van der Waals surface area contributed by atoms with Gasteiger partial charge in [0.25, 0.3) is 0 Å². The Morgan fingerprint density at radius 1 is 1.36 bits per heavy atom. The first kappa shape index (κ1) is 11.7. The first-order chi connectivity index (χ1) is 6.70. The molecule has 2 heteroatoms. The van der Waals surface area contributed by atoms with Crippen LogP contribution in [0.5, 0.6) is 0 Å². The summed E-state index contributed by atoms with van der Waals surface area (Å²) in [6, 6.07) is 13.1. The zero-order chi connectivity index (χ0) is 10.4. The molecule has 0 N–H and O–H groups in total. The second kappa shape index (κ2) is 5.52. The Balaban J connectivity index is 2.70. The van der Waals surface area contributed by atoms with Gasteiger partial charge in [-0.15, -0.1) is 21.9 Å². The summed E-state index contributed by atoms with van der Waals surface area (Å²) in [6.07, 6.45) is 1.23. The number of benzene rings is 1. The number of hydrogen-bond donors (Lipinski definition) is 0. The van der Waals surface area contributed by atoms with Gasteiger partial charge in [-0.25, -0.2) is 0 Å². The molecule has 1 aromatic carbocycles. The first-order valence-electron chi connectivity index (χ1n) is 5.06. The van der Waals surface area contributed by atoms with E-state index in [1.54, 1.807) is 0 Å². The summed E-state index contributed by atoms with van der Waals surface area (Å²) < 4.78 is 0. The molecule has 1 atom stereocenters. The summed E-state index contributed by atoms with van der Waals surface area (Å²) >= 11 is 3.90. The zero-order valence-corrected chi connectivity index (χ0v) is 11.3. The Kier molecular flexibility index (Phi) is 4.62. The minimum absolute atomic E-state index is 1.16. The average Bonchev–Trinajstić information content (AvgIpc) is 2.20. The third-order valence-electron chi connectivity index (χ3n) is 2.37. The highest BCUT2D eigenvalue weighted by atomic mass is 79.9. The Morgan fingerprint density at radius 2 is 2.00 bits per heavy atom. The molecule has 0 aliphatic rings. The van der Waals surface area contributed by atoms with Gasteiger partial charge in [-0.3, -0.25) is 0 Å². The van der Waals surface area contributed by atoms with Crippen molar-refractivity contribution in [2.45, 2.75) is 25.4 Å². The number of halogens is 1. The Bertz CT molecular complexity index is 284. The van der Waals surface area contributed by atoms with Crippen molar-refractivity contribution in [2.24, 2.45) is 0 Å². The molecule has 0 heterocycles. The first-order valence-corrected chi connectivity index (χ1v) is 9.81. The van der Waals surface area contributed by atoms with Crippen molar-refractivity contribution in [1.82, 2.24) is 0 Å². The van der Waals surface area contributed by atoms with Crippen molar-refractivity contribution in [1.29, 1.82) is 0 Å². The molecule has 14 heavy (non-hydrogen) atoms. The van der Waals surface area contributed by atoms with Crippen molar-refractivity contribution in [2.75, 3.05) is 0 Å². The molecule has 0 spiro atoms. The van der Waals surface area contributed by atoms with E-state index in [-0.39, 0.29) is 0 Å². The van der Waals surface area contributed by atoms with E-state index in [4.69, 9.17) is 0 Å². The van der Waals surface area contributed by atoms with E-state index >= 15 is 0 Å². The summed E-state index contributed by atoms with van der Waals surface area (Å²) in [5.74, 6) is 0. The molecule has 0 aromatic heterocycles. The molecule has 1 unspecified atom stereocenters. The smallest absolute Gasteiger partial charge is 0.120 e. The maximum absolute atomic E-state index is 3.96. The van der Waals surface area contributed by atoms with Crippen molar-refractivity contribution in [3.05, 3.63) is 48.2 Å². The van der Waals surface area contributed by atoms with Gasteiger partial charge in [0.05, 0.1) is 0 Å². The van der Waals surface area contributed by atoms with Gasteiger partial charge in [-0.05, 0) is 17.7 Å². The van der Waals surface area contributed by atoms with Gasteiger partial charge >= 0.3 is 0 Å². The Hall–Kier alpha value is -0.343. The van der Waals surface area contributed by atoms with E-state index in [2.05, 4.69) is 64.8 Å². The molecule has 0 bridgehead atoms. The van der Waals surface area contributed by atoms with Gasteiger partial charge in [0.15, 0.2) is 6.69 Å². The minimum atomic E-state index is -1.39. The van der Waals surface area contributed by atoms with Crippen LogP contribution in [-0.2, 0) is 6.04 Å². The summed E-state index contributed by atoms with van der Waals surface area (Å²) in [4.78, 5) is 0. The van der Waals surface area contributed by atoms with E-state index in [0.717, 1.165) is 6.04 Å². The lowest BCUT2D eigenvalue weighted by atomic mass is 10.2. The molecular weight excluding hydrogens is 252 g/mol. The summed E-state index contributed by atoms with van der Waals surface area (Å²) in [7, 11) is 0. The van der Waals surface area contributed by atoms with Crippen LogP contribution in [0, 0.1) is 0 Å². The predicted molar refractivity (Wildman–Crippen MR) is 70.1 cm³/mol. The van der Waals surface area contributed by atoms with Gasteiger partial charge in [0.1, 0.15) is 0 Å². The van der Waals surface area contributed by atoms with Crippen LogP contribution in [0.1, 0.15) is 18.9 Å². The van der Waals surface area contributed by atoms with E-state index in [9.17, 15) is 0 Å². The van der Waals surface area contributed by atoms with Crippen LogP contribution in [-0.4, -0.2) is 6.69 Å². The third-order valence-corrected chi connectivity index (χ3v) is 8.43. The number of rotatable bonds is 5. The average molecular weight is 269 g/mol. The maximum atomic E-state index is 3.96. The highest BCUT2D eigenvalue weighted by molar-refractivity contribution is 9.26. The minimum Gasteiger partial charge on any atom is -0.120 e. The van der Waals surface area contributed by atoms with Gasteiger partial charge in [0, 0.05) is 0 Å². The molecule has 1 rings (SSSR count). The summed E-state index contributed by atoms with van der Waals surface area (Å²) in [6.45, 7) is 4.81. The van der Waals surface area contributed by atoms with Crippen LogP contribution in [0.4, 0.5) is 0 Å². The van der Waals surface area contributed by atoms with E-state index in [0.29, 0.717) is 0 Å². The zero-order valence-electron chi connectivity index (χ0n) is 8.67. The predicted octanol–water partition coefficient (Wildman–Crippen LogP) is 4.24. The quantitative estimate of drug-likeness (QED) is 0.554. The topological polar surface area (TPSA) is 0 Å². The van der Waals surface area contributed by atoms with Crippen LogP contribution in [0.25, 0.3) is 0 Å². The Labute approximate surface area is 95.6 Å².